The van der Waals surface area contributed by atoms with E-state index in [4.69, 9.17) is 0 Å². The van der Waals surface area contributed by atoms with Gasteiger partial charge in [-0.25, -0.2) is 8.78 Å². The van der Waals surface area contributed by atoms with E-state index in [9.17, 15) is 13.6 Å². The van der Waals surface area contributed by atoms with Gasteiger partial charge in [0.25, 0.3) is 5.92 Å². The monoisotopic (exact) mass is 300 g/mol. The summed E-state index contributed by atoms with van der Waals surface area (Å²) in [5.74, 6) is -2.74. The number of carbonyl (C=O) groups excluding carboxylic acids is 1. The van der Waals surface area contributed by atoms with Crippen molar-refractivity contribution < 1.29 is 18.3 Å². The van der Waals surface area contributed by atoms with Crippen molar-refractivity contribution >= 4 is 17.7 Å². The Morgan fingerprint density at radius 2 is 2.00 bits per heavy atom. The number of carbonyl (C=O) groups is 1. The van der Waals surface area contributed by atoms with Crippen molar-refractivity contribution in [2.24, 2.45) is 5.41 Å². The summed E-state index contributed by atoms with van der Waals surface area (Å²) in [5.41, 5.74) is -0.0600. The van der Waals surface area contributed by atoms with E-state index in [1.165, 1.54) is 31.0 Å². The summed E-state index contributed by atoms with van der Waals surface area (Å²) >= 11 is 1.22. The Kier molecular flexibility index (Phi) is 4.68. The summed E-state index contributed by atoms with van der Waals surface area (Å²) in [6.45, 7) is 0. The molecule has 110 valence electrons. The molecule has 0 N–H and O–H groups in total. The van der Waals surface area contributed by atoms with E-state index in [0.717, 1.165) is 12.8 Å². The van der Waals surface area contributed by atoms with Crippen molar-refractivity contribution in [1.82, 2.24) is 0 Å². The van der Waals surface area contributed by atoms with E-state index < -0.39 is 5.92 Å². The molecule has 1 saturated carbocycles. The van der Waals surface area contributed by atoms with Crippen molar-refractivity contribution in [3.8, 4) is 0 Å². The van der Waals surface area contributed by atoms with E-state index in [-0.39, 0.29) is 22.7 Å². The maximum absolute atomic E-state index is 14.0. The highest BCUT2D eigenvalue weighted by atomic mass is 32.2. The largest absolute Gasteiger partial charge is 0.469 e. The van der Waals surface area contributed by atoms with Gasteiger partial charge < -0.3 is 4.74 Å². The van der Waals surface area contributed by atoms with Gasteiger partial charge in [-0.2, -0.15) is 11.8 Å². The number of methoxy groups -OCH3 is 1. The Labute approximate surface area is 121 Å². The number of thioether (sulfide) groups is 1. The summed E-state index contributed by atoms with van der Waals surface area (Å²) in [4.78, 5) is 11.3. The third-order valence-electron chi connectivity index (χ3n) is 3.59. The minimum Gasteiger partial charge on any atom is -0.469 e. The van der Waals surface area contributed by atoms with Crippen molar-refractivity contribution in [3.05, 3.63) is 35.9 Å². The van der Waals surface area contributed by atoms with Crippen molar-refractivity contribution in [3.63, 3.8) is 0 Å². The molecule has 0 bridgehead atoms. The molecule has 0 saturated heterocycles. The fraction of sp³-hybridized carbons (Fsp3) is 0.533. The van der Waals surface area contributed by atoms with Gasteiger partial charge in [0.2, 0.25) is 0 Å². The highest BCUT2D eigenvalue weighted by molar-refractivity contribution is 7.99. The van der Waals surface area contributed by atoms with E-state index in [0.29, 0.717) is 12.2 Å². The number of halogens is 2. The maximum atomic E-state index is 14.0. The zero-order valence-electron chi connectivity index (χ0n) is 11.4. The highest BCUT2D eigenvalue weighted by Gasteiger charge is 2.45. The molecule has 0 amide bonds. The van der Waals surface area contributed by atoms with Crippen LogP contribution < -0.4 is 0 Å². The first-order valence-corrected chi connectivity index (χ1v) is 7.71. The van der Waals surface area contributed by atoms with E-state index in [1.54, 1.807) is 18.2 Å². The zero-order chi connectivity index (χ0) is 14.6. The first-order valence-electron chi connectivity index (χ1n) is 6.55. The minimum atomic E-state index is -2.83. The molecule has 1 fully saturated rings. The first kappa shape index (κ1) is 15.3. The lowest BCUT2D eigenvalue weighted by atomic mass is 10.1. The van der Waals surface area contributed by atoms with E-state index in [2.05, 4.69) is 4.74 Å². The number of ether oxygens (including phenoxy) is 1. The number of alkyl halides is 2. The average Bonchev–Trinajstić information content (AvgIpc) is 3.19. The molecule has 0 aromatic heterocycles. The van der Waals surface area contributed by atoms with Crippen molar-refractivity contribution in [2.45, 2.75) is 25.2 Å². The lowest BCUT2D eigenvalue weighted by molar-refractivity contribution is -0.141. The predicted molar refractivity (Wildman–Crippen MR) is 76.0 cm³/mol. The molecule has 0 radical (unpaired) electrons. The highest BCUT2D eigenvalue weighted by Crippen LogP contribution is 2.51. The number of hydrogen-bond acceptors (Lipinski definition) is 3. The smallest absolute Gasteiger partial charge is 0.306 e. The van der Waals surface area contributed by atoms with Crippen LogP contribution in [0.5, 0.6) is 0 Å². The summed E-state index contributed by atoms with van der Waals surface area (Å²) in [7, 11) is 1.36. The number of benzene rings is 1. The quantitative estimate of drug-likeness (QED) is 0.715. The molecule has 1 aliphatic rings. The van der Waals surface area contributed by atoms with Gasteiger partial charge in [0.05, 0.1) is 19.3 Å². The van der Waals surface area contributed by atoms with Crippen LogP contribution in [0.1, 0.15) is 24.8 Å². The molecule has 0 unspecified atom stereocenters. The van der Waals surface area contributed by atoms with Gasteiger partial charge in [0, 0.05) is 5.56 Å². The Morgan fingerprint density at radius 1 is 1.35 bits per heavy atom. The molecule has 0 aliphatic heterocycles. The van der Waals surface area contributed by atoms with Crippen LogP contribution in [0.3, 0.4) is 0 Å². The van der Waals surface area contributed by atoms with E-state index >= 15 is 0 Å². The molecule has 1 aliphatic carbocycles. The van der Waals surface area contributed by atoms with E-state index in [1.807, 2.05) is 0 Å². The predicted octanol–water partition coefficient (Wildman–Crippen LogP) is 3.85. The second-order valence-electron chi connectivity index (χ2n) is 5.32. The molecule has 0 atom stereocenters. The van der Waals surface area contributed by atoms with Gasteiger partial charge in [-0.3, -0.25) is 4.79 Å². The van der Waals surface area contributed by atoms with Crippen molar-refractivity contribution in [1.29, 1.82) is 0 Å². The molecular weight excluding hydrogens is 282 g/mol. The Hall–Kier alpha value is -1.10. The van der Waals surface area contributed by atoms with Gasteiger partial charge in [0.15, 0.2) is 0 Å². The number of hydrogen-bond donors (Lipinski definition) is 0. The van der Waals surface area contributed by atoms with Crippen LogP contribution in [0.4, 0.5) is 8.78 Å². The van der Waals surface area contributed by atoms with Crippen molar-refractivity contribution in [2.75, 3.05) is 18.6 Å². The maximum Gasteiger partial charge on any atom is 0.306 e. The lowest BCUT2D eigenvalue weighted by Gasteiger charge is -2.18. The second kappa shape index (κ2) is 6.12. The Morgan fingerprint density at radius 3 is 2.55 bits per heavy atom. The van der Waals surface area contributed by atoms with Crippen LogP contribution in [-0.2, 0) is 15.5 Å². The van der Waals surface area contributed by atoms with Crippen LogP contribution in [0.15, 0.2) is 30.3 Å². The SMILES string of the molecule is COC(=O)CC1(CSCC(F)(F)c2ccccc2)CC1. The summed E-state index contributed by atoms with van der Waals surface area (Å²) in [6, 6.07) is 7.85. The topological polar surface area (TPSA) is 26.3 Å². The van der Waals surface area contributed by atoms with Gasteiger partial charge in [-0.05, 0) is 24.0 Å². The van der Waals surface area contributed by atoms with Gasteiger partial charge in [-0.15, -0.1) is 0 Å². The first-order chi connectivity index (χ1) is 9.47. The molecule has 1 aromatic rings. The molecule has 2 rings (SSSR count). The lowest BCUT2D eigenvalue weighted by Crippen LogP contribution is -2.19. The second-order valence-corrected chi connectivity index (χ2v) is 6.30. The summed E-state index contributed by atoms with van der Waals surface area (Å²) < 4.78 is 32.6. The van der Waals surface area contributed by atoms with Gasteiger partial charge in [-0.1, -0.05) is 30.3 Å². The third-order valence-corrected chi connectivity index (χ3v) is 4.98. The fourth-order valence-corrected chi connectivity index (χ4v) is 3.44. The molecule has 20 heavy (non-hydrogen) atoms. The fourth-order valence-electron chi connectivity index (χ4n) is 2.09. The van der Waals surface area contributed by atoms with Crippen LogP contribution >= 0.6 is 11.8 Å². The molecule has 0 spiro atoms. The number of esters is 1. The Balaban J connectivity index is 1.82. The number of rotatable bonds is 7. The van der Waals surface area contributed by atoms with Crippen LogP contribution in [0, 0.1) is 5.41 Å². The van der Waals surface area contributed by atoms with Gasteiger partial charge >= 0.3 is 5.97 Å². The van der Waals surface area contributed by atoms with Crippen LogP contribution in [-0.4, -0.2) is 24.6 Å². The summed E-state index contributed by atoms with van der Waals surface area (Å²) in [5, 5.41) is 0. The normalized spacial score (nSPS) is 16.8. The third kappa shape index (κ3) is 3.95. The Bertz CT molecular complexity index is 458. The average molecular weight is 300 g/mol. The standard InChI is InChI=1S/C15H18F2O2S/c1-19-13(18)9-14(7-8-14)10-20-11-15(16,17)12-5-3-2-4-6-12/h2-6H,7-11H2,1H3. The molecule has 0 heterocycles. The molecular formula is C15H18F2O2S. The minimum absolute atomic E-state index is 0.0466. The van der Waals surface area contributed by atoms with Crippen LogP contribution in [0.2, 0.25) is 0 Å². The molecule has 1 aromatic carbocycles. The molecule has 2 nitrogen and oxygen atoms in total. The summed E-state index contributed by atoms with van der Waals surface area (Å²) in [6.07, 6.45) is 2.19. The van der Waals surface area contributed by atoms with Crippen LogP contribution in [0.25, 0.3) is 0 Å². The van der Waals surface area contributed by atoms with Gasteiger partial charge in [0.1, 0.15) is 0 Å². The molecule has 5 heteroatoms. The zero-order valence-corrected chi connectivity index (χ0v) is 12.2.